The zero-order valence-electron chi connectivity index (χ0n) is 32.0. The van der Waals surface area contributed by atoms with Crippen LogP contribution in [0.2, 0.25) is 0 Å². The number of fused-ring (bicyclic) bond motifs is 22. The van der Waals surface area contributed by atoms with Gasteiger partial charge in [0.25, 0.3) is 0 Å². The molecule has 10 aromatic carbocycles. The van der Waals surface area contributed by atoms with Crippen LogP contribution in [0.3, 0.4) is 0 Å². The van der Waals surface area contributed by atoms with Crippen molar-refractivity contribution in [3.05, 3.63) is 251 Å². The minimum atomic E-state index is -0.561. The molecule has 272 valence electrons. The molecule has 0 radical (unpaired) electrons. The van der Waals surface area contributed by atoms with Gasteiger partial charge in [-0.25, -0.2) is 0 Å². The first-order chi connectivity index (χ1) is 29.2. The zero-order chi connectivity index (χ0) is 38.5. The molecular weight excluding hydrogens is 713 g/mol. The summed E-state index contributed by atoms with van der Waals surface area (Å²) in [5.41, 5.74) is 19.6. The summed E-state index contributed by atoms with van der Waals surface area (Å²) in [7, 11) is 0. The molecule has 1 heteroatoms. The van der Waals surface area contributed by atoms with Crippen LogP contribution in [0, 0.1) is 0 Å². The fourth-order valence-electron chi connectivity index (χ4n) is 11.9. The quantitative estimate of drug-likeness (QED) is 0.163. The molecule has 10 aromatic rings. The smallest absolute Gasteiger partial charge is 0.132 e. The van der Waals surface area contributed by atoms with E-state index in [1.54, 1.807) is 0 Å². The summed E-state index contributed by atoms with van der Waals surface area (Å²) in [4.78, 5) is 0. The highest BCUT2D eigenvalue weighted by Crippen LogP contribution is 2.65. The third-order valence-electron chi connectivity index (χ3n) is 14.1. The van der Waals surface area contributed by atoms with Crippen molar-refractivity contribution in [3.8, 4) is 56.0 Å². The second-order valence-electron chi connectivity index (χ2n) is 16.7. The van der Waals surface area contributed by atoms with Crippen LogP contribution in [0.25, 0.3) is 66.1 Å². The molecule has 0 fully saturated rings. The van der Waals surface area contributed by atoms with Gasteiger partial charge in [0, 0.05) is 11.1 Å². The predicted molar refractivity (Wildman–Crippen MR) is 241 cm³/mol. The molecule has 59 heavy (non-hydrogen) atoms. The Bertz CT molecular complexity index is 3450. The molecule has 1 atom stereocenters. The van der Waals surface area contributed by atoms with Crippen molar-refractivity contribution >= 4 is 21.5 Å². The van der Waals surface area contributed by atoms with E-state index in [2.05, 4.69) is 206 Å². The molecule has 1 unspecified atom stereocenters. The van der Waals surface area contributed by atoms with Gasteiger partial charge in [-0.2, -0.15) is 0 Å². The maximum atomic E-state index is 7.00. The van der Waals surface area contributed by atoms with Crippen LogP contribution >= 0.6 is 0 Å². The molecule has 3 aliphatic carbocycles. The molecule has 2 spiro atoms. The van der Waals surface area contributed by atoms with E-state index in [1.165, 1.54) is 111 Å². The van der Waals surface area contributed by atoms with E-state index in [1.807, 2.05) is 0 Å². The van der Waals surface area contributed by atoms with Crippen molar-refractivity contribution in [2.45, 2.75) is 10.8 Å². The van der Waals surface area contributed by atoms with Gasteiger partial charge in [-0.15, -0.1) is 0 Å². The molecule has 4 aliphatic rings. The van der Waals surface area contributed by atoms with Crippen molar-refractivity contribution in [2.24, 2.45) is 0 Å². The third-order valence-corrected chi connectivity index (χ3v) is 14.1. The minimum absolute atomic E-state index is 0.445. The van der Waals surface area contributed by atoms with Gasteiger partial charge in [-0.05, 0) is 130 Å². The molecule has 1 nitrogen and oxygen atoms in total. The van der Waals surface area contributed by atoms with Gasteiger partial charge in [0.15, 0.2) is 0 Å². The highest BCUT2D eigenvalue weighted by molar-refractivity contribution is 6.06. The molecule has 0 aromatic heterocycles. The lowest BCUT2D eigenvalue weighted by Gasteiger charge is -2.40. The van der Waals surface area contributed by atoms with Crippen molar-refractivity contribution in [1.82, 2.24) is 0 Å². The number of benzene rings is 10. The summed E-state index contributed by atoms with van der Waals surface area (Å²) in [6.45, 7) is 0. The Balaban J connectivity index is 1.04. The molecule has 0 saturated carbocycles. The highest BCUT2D eigenvalue weighted by Gasteiger charge is 2.53. The van der Waals surface area contributed by atoms with E-state index >= 15 is 0 Å². The first kappa shape index (κ1) is 31.6. The van der Waals surface area contributed by atoms with Crippen LogP contribution in [-0.2, 0) is 10.8 Å². The summed E-state index contributed by atoms with van der Waals surface area (Å²) in [5, 5.41) is 4.97. The van der Waals surface area contributed by atoms with Crippen molar-refractivity contribution < 1.29 is 4.74 Å². The second kappa shape index (κ2) is 11.1. The lowest BCUT2D eigenvalue weighted by atomic mass is 9.65. The topological polar surface area (TPSA) is 9.23 Å². The SMILES string of the molecule is c1ccc2c(c1)-c1ccccc1C21c2cc(-c3ccc4c(c3)C3(c5ccccc5-4)c4ccccc4-c4c3ccc3ccccc43)ccc2Oc2cc3ccccc3cc21. The fraction of sp³-hybridized carbons (Fsp3) is 0.0345. The van der Waals surface area contributed by atoms with Gasteiger partial charge < -0.3 is 4.74 Å². The average Bonchev–Trinajstić information content (AvgIpc) is 3.89. The van der Waals surface area contributed by atoms with Crippen LogP contribution < -0.4 is 4.74 Å². The first-order valence-electron chi connectivity index (χ1n) is 20.7. The lowest BCUT2D eigenvalue weighted by molar-refractivity contribution is 0.437. The van der Waals surface area contributed by atoms with E-state index in [0.29, 0.717) is 0 Å². The van der Waals surface area contributed by atoms with Gasteiger partial charge in [0.1, 0.15) is 11.5 Å². The molecule has 0 bridgehead atoms. The van der Waals surface area contributed by atoms with E-state index in [4.69, 9.17) is 4.74 Å². The summed E-state index contributed by atoms with van der Waals surface area (Å²) in [5.74, 6) is 1.82. The average molecular weight is 747 g/mol. The molecule has 1 heterocycles. The van der Waals surface area contributed by atoms with Gasteiger partial charge in [0.2, 0.25) is 0 Å². The Morgan fingerprint density at radius 3 is 1.42 bits per heavy atom. The second-order valence-corrected chi connectivity index (χ2v) is 16.7. The van der Waals surface area contributed by atoms with E-state index in [0.717, 1.165) is 11.5 Å². The van der Waals surface area contributed by atoms with E-state index < -0.39 is 10.8 Å². The number of hydrogen-bond acceptors (Lipinski definition) is 1. The van der Waals surface area contributed by atoms with Crippen molar-refractivity contribution in [1.29, 1.82) is 0 Å². The number of ether oxygens (including phenoxy) is 1. The molecule has 0 N–H and O–H groups in total. The maximum Gasteiger partial charge on any atom is 0.132 e. The standard InChI is InChI=1S/C58H34O/c1-2-15-37-34-55-53(32-36(37)14-1)58(47-22-10-5-17-41(47)42-18-6-11-23-48(42)58)52-33-39(27-30-54(52)59-55)38-25-28-44-43-19-7-9-21-46(43)57(51(44)31-38)49-24-12-8-20-45(49)56-40-16-4-3-13-35(40)26-29-50(56)57/h1-34H. The molecular formula is C58H34O. The van der Waals surface area contributed by atoms with Gasteiger partial charge in [-0.3, -0.25) is 0 Å². The normalized spacial score (nSPS) is 16.5. The number of rotatable bonds is 1. The van der Waals surface area contributed by atoms with Crippen LogP contribution in [0.4, 0.5) is 0 Å². The maximum absolute atomic E-state index is 7.00. The molecule has 14 rings (SSSR count). The van der Waals surface area contributed by atoms with Gasteiger partial charge >= 0.3 is 0 Å². The molecule has 0 amide bonds. The van der Waals surface area contributed by atoms with Gasteiger partial charge in [0.05, 0.1) is 10.8 Å². The largest absolute Gasteiger partial charge is 0.457 e. The van der Waals surface area contributed by atoms with Crippen LogP contribution in [0.5, 0.6) is 11.5 Å². The van der Waals surface area contributed by atoms with Crippen LogP contribution in [0.15, 0.2) is 206 Å². The summed E-state index contributed by atoms with van der Waals surface area (Å²) >= 11 is 0. The highest BCUT2D eigenvalue weighted by atomic mass is 16.5. The monoisotopic (exact) mass is 746 g/mol. The molecule has 1 aliphatic heterocycles. The lowest BCUT2D eigenvalue weighted by Crippen LogP contribution is -2.32. The summed E-state index contributed by atoms with van der Waals surface area (Å²) in [6, 6.07) is 77.3. The van der Waals surface area contributed by atoms with E-state index in [-0.39, 0.29) is 0 Å². The number of hydrogen-bond donors (Lipinski definition) is 0. The Labute approximate surface area is 342 Å². The van der Waals surface area contributed by atoms with Crippen molar-refractivity contribution in [3.63, 3.8) is 0 Å². The Hall–Kier alpha value is -7.48. The van der Waals surface area contributed by atoms with Crippen LogP contribution in [-0.4, -0.2) is 0 Å². The van der Waals surface area contributed by atoms with E-state index in [9.17, 15) is 0 Å². The Morgan fingerprint density at radius 1 is 0.271 bits per heavy atom. The predicted octanol–water partition coefficient (Wildman–Crippen LogP) is 14.5. The van der Waals surface area contributed by atoms with Crippen molar-refractivity contribution in [2.75, 3.05) is 0 Å². The fourth-order valence-corrected chi connectivity index (χ4v) is 11.9. The van der Waals surface area contributed by atoms with Gasteiger partial charge in [-0.1, -0.05) is 176 Å². The Kier molecular flexibility index (Phi) is 5.96. The minimum Gasteiger partial charge on any atom is -0.457 e. The molecule has 0 saturated heterocycles. The van der Waals surface area contributed by atoms with Crippen LogP contribution in [0.1, 0.15) is 44.5 Å². The summed E-state index contributed by atoms with van der Waals surface area (Å²) in [6.07, 6.45) is 0. The summed E-state index contributed by atoms with van der Waals surface area (Å²) < 4.78 is 7.00. The zero-order valence-corrected chi connectivity index (χ0v) is 32.0. The third kappa shape index (κ3) is 3.77. The Morgan fingerprint density at radius 2 is 0.746 bits per heavy atom. The first-order valence-corrected chi connectivity index (χ1v) is 20.7.